The average molecular weight is 408 g/mol. The first-order valence-corrected chi connectivity index (χ1v) is 11.0. The van der Waals surface area contributed by atoms with Crippen LogP contribution in [0.2, 0.25) is 0 Å². The van der Waals surface area contributed by atoms with Gasteiger partial charge in [0.2, 0.25) is 10.0 Å². The van der Waals surface area contributed by atoms with Crippen molar-refractivity contribution < 1.29 is 18.0 Å². The Hall–Kier alpha value is -1.93. The van der Waals surface area contributed by atoms with E-state index in [1.807, 2.05) is 0 Å². The van der Waals surface area contributed by atoms with Crippen LogP contribution < -0.4 is 5.32 Å². The highest BCUT2D eigenvalue weighted by Gasteiger charge is 2.56. The van der Waals surface area contributed by atoms with E-state index in [0.717, 1.165) is 10.7 Å². The topological polar surface area (TPSA) is 86.8 Å². The molecule has 1 aromatic carbocycles. The van der Waals surface area contributed by atoms with Crippen molar-refractivity contribution in [2.75, 3.05) is 14.1 Å². The molecule has 1 heterocycles. The molecule has 28 heavy (non-hydrogen) atoms. The molecule has 1 aromatic rings. The quantitative estimate of drug-likeness (QED) is 0.777. The number of urea groups is 1. The summed E-state index contributed by atoms with van der Waals surface area (Å²) in [6, 6.07) is 5.99. The number of rotatable bonds is 4. The second-order valence-corrected chi connectivity index (χ2v) is 11.3. The van der Waals surface area contributed by atoms with Crippen LogP contribution in [0.1, 0.15) is 45.6 Å². The summed E-state index contributed by atoms with van der Waals surface area (Å²) in [4.78, 5) is 27.2. The predicted molar refractivity (Wildman–Crippen MR) is 106 cm³/mol. The van der Waals surface area contributed by atoms with E-state index in [1.165, 1.54) is 31.1 Å². The smallest absolute Gasteiger partial charge is 0.323 e. The molecule has 2 aliphatic rings. The summed E-state index contributed by atoms with van der Waals surface area (Å²) in [6.45, 7) is 6.42. The van der Waals surface area contributed by atoms with Crippen molar-refractivity contribution in [2.24, 2.45) is 11.3 Å². The number of sulfonamides is 1. The third kappa shape index (κ3) is 3.67. The van der Waals surface area contributed by atoms with Crippen molar-refractivity contribution in [1.29, 1.82) is 0 Å². The molecule has 8 heteroatoms. The predicted octanol–water partition coefficient (Wildman–Crippen LogP) is 2.57. The highest BCUT2D eigenvalue weighted by molar-refractivity contribution is 7.89. The van der Waals surface area contributed by atoms with E-state index in [1.54, 1.807) is 12.1 Å². The summed E-state index contributed by atoms with van der Waals surface area (Å²) in [6.07, 6.45) is 2.26. The molecule has 0 bridgehead atoms. The van der Waals surface area contributed by atoms with Gasteiger partial charge in [-0.2, -0.15) is 0 Å². The summed E-state index contributed by atoms with van der Waals surface area (Å²) in [5.41, 5.74) is -0.284. The molecule has 0 unspecified atom stereocenters. The van der Waals surface area contributed by atoms with E-state index in [9.17, 15) is 18.0 Å². The van der Waals surface area contributed by atoms with E-state index in [2.05, 4.69) is 26.1 Å². The molecule has 1 saturated carbocycles. The number of benzene rings is 1. The van der Waals surface area contributed by atoms with Gasteiger partial charge in [-0.1, -0.05) is 32.9 Å². The molecule has 1 saturated heterocycles. The molecule has 0 radical (unpaired) electrons. The monoisotopic (exact) mass is 407 g/mol. The number of carbonyl (C=O) groups excluding carboxylic acids is 2. The Morgan fingerprint density at radius 1 is 1.21 bits per heavy atom. The maximum atomic E-state index is 13.2. The molecule has 154 valence electrons. The van der Waals surface area contributed by atoms with Crippen LogP contribution in [0.3, 0.4) is 0 Å². The van der Waals surface area contributed by atoms with Crippen LogP contribution in [0, 0.1) is 11.3 Å². The van der Waals surface area contributed by atoms with E-state index in [-0.39, 0.29) is 22.8 Å². The lowest BCUT2D eigenvalue weighted by atomic mass is 9.64. The Morgan fingerprint density at radius 3 is 2.50 bits per heavy atom. The number of carbonyl (C=O) groups is 2. The van der Waals surface area contributed by atoms with Crippen LogP contribution in [0.25, 0.3) is 0 Å². The minimum absolute atomic E-state index is 0.0314. The van der Waals surface area contributed by atoms with Gasteiger partial charge in [-0.15, -0.1) is 0 Å². The number of nitrogens with zero attached hydrogens (tertiary/aromatic N) is 2. The molecule has 0 aromatic heterocycles. The fourth-order valence-corrected chi connectivity index (χ4v) is 5.82. The largest absolute Gasteiger partial charge is 0.325 e. The van der Waals surface area contributed by atoms with Crippen LogP contribution in [0.5, 0.6) is 0 Å². The minimum atomic E-state index is -3.58. The average Bonchev–Trinajstić information content (AvgIpc) is 2.76. The van der Waals surface area contributed by atoms with Crippen molar-refractivity contribution in [1.82, 2.24) is 14.5 Å². The molecule has 1 spiro atoms. The molecule has 1 aliphatic heterocycles. The zero-order chi connectivity index (χ0) is 20.9. The lowest BCUT2D eigenvalue weighted by molar-refractivity contribution is -0.135. The van der Waals surface area contributed by atoms with Gasteiger partial charge in [-0.3, -0.25) is 9.69 Å². The number of nitrogens with one attached hydrogen (secondary N) is 1. The SMILES string of the molecule is C[C@@H]1CC(C)(C)C[C@]2(C1)NC(=O)N(Cc1cccc(S(=O)(=O)N(C)C)c1)C2=O. The molecule has 3 rings (SSSR count). The van der Waals surface area contributed by atoms with Crippen LogP contribution in [-0.4, -0.2) is 49.2 Å². The summed E-state index contributed by atoms with van der Waals surface area (Å²) < 4.78 is 25.9. The van der Waals surface area contributed by atoms with E-state index in [0.29, 0.717) is 24.3 Å². The van der Waals surface area contributed by atoms with Gasteiger partial charge in [0.05, 0.1) is 11.4 Å². The Kier molecular flexibility index (Phi) is 5.08. The first kappa shape index (κ1) is 20.8. The summed E-state index contributed by atoms with van der Waals surface area (Å²) >= 11 is 0. The van der Waals surface area contributed by atoms with Gasteiger partial charge in [0.15, 0.2) is 0 Å². The second kappa shape index (κ2) is 6.84. The van der Waals surface area contributed by atoms with Gasteiger partial charge < -0.3 is 5.32 Å². The molecular formula is C20H29N3O4S. The summed E-state index contributed by atoms with van der Waals surface area (Å²) in [5, 5.41) is 2.95. The lowest BCUT2D eigenvalue weighted by Gasteiger charge is -2.43. The van der Waals surface area contributed by atoms with E-state index >= 15 is 0 Å². The maximum Gasteiger partial charge on any atom is 0.325 e. The van der Waals surface area contributed by atoms with Crippen molar-refractivity contribution in [3.8, 4) is 0 Å². The number of hydrogen-bond acceptors (Lipinski definition) is 4. The maximum absolute atomic E-state index is 13.2. The summed E-state index contributed by atoms with van der Waals surface area (Å²) in [7, 11) is -0.645. The van der Waals surface area contributed by atoms with Crippen molar-refractivity contribution in [3.05, 3.63) is 29.8 Å². The number of imide groups is 1. The number of amides is 3. The molecule has 7 nitrogen and oxygen atoms in total. The third-order valence-corrected chi connectivity index (χ3v) is 7.45. The van der Waals surface area contributed by atoms with Crippen molar-refractivity contribution in [3.63, 3.8) is 0 Å². The van der Waals surface area contributed by atoms with Gasteiger partial charge in [-0.05, 0) is 48.3 Å². The Morgan fingerprint density at radius 2 is 1.89 bits per heavy atom. The molecule has 3 amide bonds. The molecule has 1 N–H and O–H groups in total. The fourth-order valence-electron chi connectivity index (χ4n) is 4.85. The van der Waals surface area contributed by atoms with Gasteiger partial charge in [0, 0.05) is 14.1 Å². The van der Waals surface area contributed by atoms with Crippen LogP contribution >= 0.6 is 0 Å². The number of hydrogen-bond donors (Lipinski definition) is 1. The zero-order valence-electron chi connectivity index (χ0n) is 17.2. The fraction of sp³-hybridized carbons (Fsp3) is 0.600. The molecule has 2 fully saturated rings. The third-order valence-electron chi connectivity index (χ3n) is 5.64. The Bertz CT molecular complexity index is 910. The normalized spacial score (nSPS) is 27.5. The van der Waals surface area contributed by atoms with E-state index < -0.39 is 21.6 Å². The van der Waals surface area contributed by atoms with Gasteiger partial charge in [-0.25, -0.2) is 17.5 Å². The molecule has 2 atom stereocenters. The van der Waals surface area contributed by atoms with Gasteiger partial charge in [0.25, 0.3) is 5.91 Å². The Balaban J connectivity index is 1.86. The Labute approximate surface area is 167 Å². The molecular weight excluding hydrogens is 378 g/mol. The highest BCUT2D eigenvalue weighted by Crippen LogP contribution is 2.46. The minimum Gasteiger partial charge on any atom is -0.323 e. The van der Waals surface area contributed by atoms with Gasteiger partial charge in [0.1, 0.15) is 5.54 Å². The van der Waals surface area contributed by atoms with Crippen molar-refractivity contribution >= 4 is 22.0 Å². The lowest BCUT2D eigenvalue weighted by Crippen LogP contribution is -2.54. The van der Waals surface area contributed by atoms with Gasteiger partial charge >= 0.3 is 6.03 Å². The van der Waals surface area contributed by atoms with E-state index in [4.69, 9.17) is 0 Å². The van der Waals surface area contributed by atoms with Crippen LogP contribution in [0.15, 0.2) is 29.2 Å². The highest BCUT2D eigenvalue weighted by atomic mass is 32.2. The zero-order valence-corrected chi connectivity index (χ0v) is 18.0. The second-order valence-electron chi connectivity index (χ2n) is 9.19. The van der Waals surface area contributed by atoms with Crippen LogP contribution in [-0.2, 0) is 21.4 Å². The first-order chi connectivity index (χ1) is 12.9. The summed E-state index contributed by atoms with van der Waals surface area (Å²) in [5.74, 6) is 0.125. The first-order valence-electron chi connectivity index (χ1n) is 9.52. The molecule has 1 aliphatic carbocycles. The van der Waals surface area contributed by atoms with Crippen LogP contribution in [0.4, 0.5) is 4.79 Å². The standard InChI is InChI=1S/C20H29N3O4S/c1-14-10-19(2,3)13-20(11-14)17(24)23(18(25)21-20)12-15-7-6-8-16(9-15)28(26,27)22(4)5/h6-9,14H,10-13H2,1-5H3,(H,21,25)/t14-,20+/m1/s1. The van der Waals surface area contributed by atoms with Crippen molar-refractivity contribution in [2.45, 2.75) is 57.0 Å².